The smallest absolute Gasteiger partial charge is 0.459 e. The average Bonchev–Trinajstić information content (AvgIpc) is 2.56. The molecule has 1 aliphatic rings. The number of rotatable bonds is 2. The normalized spacial score (nSPS) is 22.9. The van der Waals surface area contributed by atoms with Gasteiger partial charge in [-0.2, -0.15) is 13.2 Å². The topological polar surface area (TPSA) is 78.3 Å². The fraction of sp³-hybridized carbons (Fsp3) is 0.650. The van der Waals surface area contributed by atoms with E-state index in [9.17, 15) is 22.4 Å². The Morgan fingerprint density at radius 2 is 1.75 bits per heavy atom. The number of ether oxygens (including phenoxy) is 1. The van der Waals surface area contributed by atoms with Crippen LogP contribution in [0.2, 0.25) is 0 Å². The van der Waals surface area contributed by atoms with Crippen molar-refractivity contribution in [3.05, 3.63) is 35.1 Å². The molecule has 1 saturated carbocycles. The van der Waals surface area contributed by atoms with Crippen LogP contribution in [0, 0.1) is 5.82 Å². The highest BCUT2D eigenvalue weighted by atomic mass is 19.4. The predicted octanol–water partition coefficient (Wildman–Crippen LogP) is 4.29. The van der Waals surface area contributed by atoms with Gasteiger partial charge in [0.1, 0.15) is 5.82 Å². The zero-order chi connectivity index (χ0) is 21.8. The first-order valence-corrected chi connectivity index (χ1v) is 9.29. The number of hydrogen-bond donors (Lipinski definition) is 2. The first-order chi connectivity index (χ1) is 12.7. The Hall–Kier alpha value is -1.67. The van der Waals surface area contributed by atoms with E-state index in [4.69, 9.17) is 11.5 Å². The number of halogens is 4. The number of alkyl halides is 3. The van der Waals surface area contributed by atoms with Crippen LogP contribution in [-0.4, -0.2) is 24.8 Å². The number of carbonyl (C=O) groups is 1. The molecular weight excluding hydrogens is 376 g/mol. The number of benzene rings is 1. The monoisotopic (exact) mass is 406 g/mol. The van der Waals surface area contributed by atoms with Crippen molar-refractivity contribution in [1.29, 1.82) is 0 Å². The molecule has 2 rings (SSSR count). The summed E-state index contributed by atoms with van der Waals surface area (Å²) in [4.78, 5) is 9.72. The van der Waals surface area contributed by atoms with Crippen LogP contribution in [0.25, 0.3) is 0 Å². The largest absolute Gasteiger partial charge is 0.490 e. The van der Waals surface area contributed by atoms with Crippen molar-refractivity contribution in [3.8, 4) is 0 Å². The van der Waals surface area contributed by atoms with Crippen molar-refractivity contribution in [3.63, 3.8) is 0 Å². The summed E-state index contributed by atoms with van der Waals surface area (Å²) in [5, 5.41) is 0. The lowest BCUT2D eigenvalue weighted by atomic mass is 9.75. The maximum absolute atomic E-state index is 14.3. The van der Waals surface area contributed by atoms with Gasteiger partial charge in [-0.1, -0.05) is 32.9 Å². The average molecular weight is 406 g/mol. The third-order valence-electron chi connectivity index (χ3n) is 4.78. The molecule has 0 bridgehead atoms. The maximum Gasteiger partial charge on any atom is 0.490 e. The van der Waals surface area contributed by atoms with E-state index in [2.05, 4.69) is 4.74 Å². The molecule has 160 valence electrons. The van der Waals surface area contributed by atoms with Gasteiger partial charge in [0, 0.05) is 11.6 Å². The minimum absolute atomic E-state index is 0.148. The molecule has 0 atom stereocenters. The van der Waals surface area contributed by atoms with Crippen LogP contribution >= 0.6 is 0 Å². The zero-order valence-corrected chi connectivity index (χ0v) is 16.8. The molecule has 28 heavy (non-hydrogen) atoms. The summed E-state index contributed by atoms with van der Waals surface area (Å²) < 4.78 is 51.4. The van der Waals surface area contributed by atoms with E-state index in [0.29, 0.717) is 0 Å². The molecule has 1 fully saturated rings. The highest BCUT2D eigenvalue weighted by Gasteiger charge is 2.40. The first-order valence-electron chi connectivity index (χ1n) is 9.29. The van der Waals surface area contributed by atoms with Crippen molar-refractivity contribution in [2.75, 3.05) is 6.61 Å². The van der Waals surface area contributed by atoms with Gasteiger partial charge >= 0.3 is 12.1 Å². The third-order valence-corrected chi connectivity index (χ3v) is 4.78. The molecule has 0 aromatic heterocycles. The molecule has 0 spiro atoms. The molecule has 1 aromatic carbocycles. The van der Waals surface area contributed by atoms with Gasteiger partial charge in [-0.3, -0.25) is 0 Å². The van der Waals surface area contributed by atoms with Crippen LogP contribution in [0.15, 0.2) is 18.2 Å². The second-order valence-corrected chi connectivity index (χ2v) is 8.16. The molecule has 1 aromatic rings. The van der Waals surface area contributed by atoms with Crippen molar-refractivity contribution in [2.45, 2.75) is 76.6 Å². The highest BCUT2D eigenvalue weighted by Crippen LogP contribution is 2.36. The lowest BCUT2D eigenvalue weighted by Crippen LogP contribution is -2.43. The second kappa shape index (κ2) is 9.22. The van der Waals surface area contributed by atoms with E-state index in [0.717, 1.165) is 36.8 Å². The molecule has 1 aliphatic carbocycles. The molecule has 0 heterocycles. The fourth-order valence-electron chi connectivity index (χ4n) is 3.09. The zero-order valence-electron chi connectivity index (χ0n) is 16.8. The minimum Gasteiger partial charge on any atom is -0.459 e. The Kier molecular flexibility index (Phi) is 8.02. The van der Waals surface area contributed by atoms with E-state index in [1.54, 1.807) is 6.07 Å². The van der Waals surface area contributed by atoms with Gasteiger partial charge in [-0.15, -0.1) is 0 Å². The molecule has 4 nitrogen and oxygen atoms in total. The Morgan fingerprint density at radius 3 is 2.11 bits per heavy atom. The Morgan fingerprint density at radius 1 is 1.21 bits per heavy atom. The van der Waals surface area contributed by atoms with E-state index < -0.39 is 17.7 Å². The highest BCUT2D eigenvalue weighted by molar-refractivity contribution is 5.75. The van der Waals surface area contributed by atoms with Crippen LogP contribution in [0.5, 0.6) is 0 Å². The maximum atomic E-state index is 14.3. The van der Waals surface area contributed by atoms with Gasteiger partial charge in [0.15, 0.2) is 0 Å². The lowest BCUT2D eigenvalue weighted by Gasteiger charge is -2.37. The van der Waals surface area contributed by atoms with Gasteiger partial charge in [0.25, 0.3) is 0 Å². The molecule has 0 aliphatic heterocycles. The van der Waals surface area contributed by atoms with Crippen LogP contribution < -0.4 is 11.5 Å². The number of hydrogen-bond acceptors (Lipinski definition) is 4. The molecule has 0 saturated heterocycles. The number of carbonyl (C=O) groups excluding carboxylic acids is 1. The Bertz CT molecular complexity index is 661. The van der Waals surface area contributed by atoms with Gasteiger partial charge in [0.2, 0.25) is 0 Å². The second-order valence-electron chi connectivity index (χ2n) is 8.16. The van der Waals surface area contributed by atoms with E-state index in [1.807, 2.05) is 32.9 Å². The summed E-state index contributed by atoms with van der Waals surface area (Å²) in [7, 11) is 0. The Balaban J connectivity index is 0.000000370. The SMILES string of the molecule is CC(C)(C)c1ccc(C2(N)CCC(N)CC2)cc1F.CCOC(=O)C(F)(F)F. The van der Waals surface area contributed by atoms with Gasteiger partial charge in [-0.05, 0) is 55.2 Å². The molecular formula is C20H30F4N2O2. The van der Waals surface area contributed by atoms with E-state index >= 15 is 0 Å². The minimum atomic E-state index is -4.85. The number of nitrogens with two attached hydrogens (primary N) is 2. The van der Waals surface area contributed by atoms with Crippen molar-refractivity contribution in [2.24, 2.45) is 11.5 Å². The quantitative estimate of drug-likeness (QED) is 0.567. The van der Waals surface area contributed by atoms with Crippen molar-refractivity contribution < 1.29 is 27.1 Å². The van der Waals surface area contributed by atoms with Crippen molar-refractivity contribution in [1.82, 2.24) is 0 Å². The van der Waals surface area contributed by atoms with Gasteiger partial charge in [-0.25, -0.2) is 9.18 Å². The summed E-state index contributed by atoms with van der Waals surface area (Å²) in [6.45, 7) is 7.11. The standard InChI is InChI=1S/C16H25FN2.C4H5F3O2/c1-15(2,3)13-5-4-11(10-14(13)17)16(19)8-6-12(18)7-9-16;1-2-9-3(8)4(5,6)7/h4-5,10,12H,6-9,18-19H2,1-3H3;2H2,1H3. The first kappa shape index (κ1) is 24.4. The van der Waals surface area contributed by atoms with E-state index in [1.165, 1.54) is 6.92 Å². The Labute approximate surface area is 163 Å². The summed E-state index contributed by atoms with van der Waals surface area (Å²) in [5.74, 6) is -2.28. The van der Waals surface area contributed by atoms with E-state index in [-0.39, 0.29) is 23.9 Å². The van der Waals surface area contributed by atoms with Crippen LogP contribution in [-0.2, 0) is 20.5 Å². The molecule has 8 heteroatoms. The van der Waals surface area contributed by atoms with Crippen molar-refractivity contribution >= 4 is 5.97 Å². The summed E-state index contributed by atoms with van der Waals surface area (Å²) >= 11 is 0. The third kappa shape index (κ3) is 6.74. The van der Waals surface area contributed by atoms with Crippen LogP contribution in [0.1, 0.15) is 64.5 Å². The van der Waals surface area contributed by atoms with Crippen LogP contribution in [0.4, 0.5) is 17.6 Å². The summed E-state index contributed by atoms with van der Waals surface area (Å²) in [6, 6.07) is 5.74. The molecule has 0 amide bonds. The number of esters is 1. The summed E-state index contributed by atoms with van der Waals surface area (Å²) in [6.07, 6.45) is -1.35. The summed E-state index contributed by atoms with van der Waals surface area (Å²) in [5.41, 5.74) is 13.4. The van der Waals surface area contributed by atoms with Crippen LogP contribution in [0.3, 0.4) is 0 Å². The molecule has 4 N–H and O–H groups in total. The fourth-order valence-corrected chi connectivity index (χ4v) is 3.09. The van der Waals surface area contributed by atoms with Gasteiger partial charge in [0.05, 0.1) is 6.61 Å². The predicted molar refractivity (Wildman–Crippen MR) is 100 cm³/mol. The molecule has 0 radical (unpaired) electrons. The molecule has 0 unspecified atom stereocenters. The lowest BCUT2D eigenvalue weighted by molar-refractivity contribution is -0.199. The van der Waals surface area contributed by atoms with Gasteiger partial charge < -0.3 is 16.2 Å².